The van der Waals surface area contributed by atoms with E-state index >= 15 is 0 Å². The predicted octanol–water partition coefficient (Wildman–Crippen LogP) is 3.02. The summed E-state index contributed by atoms with van der Waals surface area (Å²) in [6, 6.07) is 11.2. The third-order valence-corrected chi connectivity index (χ3v) is 8.10. The van der Waals surface area contributed by atoms with E-state index in [-0.39, 0.29) is 17.0 Å². The monoisotopic (exact) mass is 435 g/mol. The maximum absolute atomic E-state index is 13.2. The van der Waals surface area contributed by atoms with Crippen molar-refractivity contribution in [3.63, 3.8) is 0 Å². The maximum atomic E-state index is 13.2. The standard InChI is InChI=1S/C20H21NO6S2/c1-20(2)17(19(24)25)21(10-11-28-20)29(26,27)16-8-6-13(7-9-16)14-4-3-5-15(12-14)18(22)23/h3-9,12,17H,10-11H2,1-2H3,(H,22,23)(H,24,25). The first-order valence-corrected chi connectivity index (χ1v) is 11.3. The van der Waals surface area contributed by atoms with E-state index < -0.39 is 32.8 Å². The number of aromatic carboxylic acids is 1. The van der Waals surface area contributed by atoms with E-state index in [0.29, 0.717) is 16.9 Å². The second kappa shape index (κ2) is 7.81. The summed E-state index contributed by atoms with van der Waals surface area (Å²) in [5, 5.41) is 18.8. The van der Waals surface area contributed by atoms with E-state index in [0.717, 1.165) is 4.31 Å². The summed E-state index contributed by atoms with van der Waals surface area (Å²) in [5.74, 6) is -1.71. The minimum Gasteiger partial charge on any atom is -0.480 e. The topological polar surface area (TPSA) is 112 Å². The van der Waals surface area contributed by atoms with Gasteiger partial charge in [-0.3, -0.25) is 4.79 Å². The molecule has 9 heteroatoms. The molecule has 0 spiro atoms. The molecule has 1 aliphatic rings. The van der Waals surface area contributed by atoms with Gasteiger partial charge >= 0.3 is 11.9 Å². The van der Waals surface area contributed by atoms with E-state index in [1.807, 2.05) is 0 Å². The number of sulfonamides is 1. The van der Waals surface area contributed by atoms with Crippen LogP contribution >= 0.6 is 11.8 Å². The summed E-state index contributed by atoms with van der Waals surface area (Å²) in [7, 11) is -4.00. The molecule has 3 rings (SSSR count). The van der Waals surface area contributed by atoms with Crippen LogP contribution in [-0.4, -0.2) is 58.0 Å². The first-order chi connectivity index (χ1) is 13.5. The van der Waals surface area contributed by atoms with E-state index in [9.17, 15) is 23.1 Å². The molecule has 2 aromatic carbocycles. The first-order valence-electron chi connectivity index (χ1n) is 8.86. The van der Waals surface area contributed by atoms with E-state index in [1.54, 1.807) is 38.1 Å². The van der Waals surface area contributed by atoms with Crippen molar-refractivity contribution >= 4 is 33.7 Å². The summed E-state index contributed by atoms with van der Waals surface area (Å²) in [4.78, 5) is 23.0. The first kappa shape index (κ1) is 21.4. The predicted molar refractivity (Wildman–Crippen MR) is 111 cm³/mol. The molecule has 1 unspecified atom stereocenters. The van der Waals surface area contributed by atoms with Crippen molar-refractivity contribution in [2.24, 2.45) is 0 Å². The lowest BCUT2D eigenvalue weighted by molar-refractivity contribution is -0.142. The number of carboxylic acid groups (broad SMARTS) is 2. The number of rotatable bonds is 5. The van der Waals surface area contributed by atoms with Gasteiger partial charge in [0.15, 0.2) is 0 Å². The lowest BCUT2D eigenvalue weighted by Crippen LogP contribution is -2.58. The fraction of sp³-hybridized carbons (Fsp3) is 0.300. The van der Waals surface area contributed by atoms with Crippen LogP contribution in [0.2, 0.25) is 0 Å². The third-order valence-electron chi connectivity index (χ3n) is 4.87. The van der Waals surface area contributed by atoms with Crippen LogP contribution in [-0.2, 0) is 14.8 Å². The van der Waals surface area contributed by atoms with Gasteiger partial charge in [0.25, 0.3) is 0 Å². The minimum atomic E-state index is -4.00. The number of carbonyl (C=O) groups is 2. The number of carboxylic acids is 2. The molecule has 154 valence electrons. The number of hydrogen-bond donors (Lipinski definition) is 2. The number of hydrogen-bond acceptors (Lipinski definition) is 5. The molecule has 0 bridgehead atoms. The van der Waals surface area contributed by atoms with Crippen LogP contribution in [0.3, 0.4) is 0 Å². The Bertz CT molecular complexity index is 1050. The second-order valence-electron chi connectivity index (χ2n) is 7.22. The van der Waals surface area contributed by atoms with Gasteiger partial charge in [0.05, 0.1) is 10.5 Å². The summed E-state index contributed by atoms with van der Waals surface area (Å²) in [6.45, 7) is 3.59. The van der Waals surface area contributed by atoms with E-state index in [1.165, 1.54) is 36.0 Å². The van der Waals surface area contributed by atoms with Crippen molar-refractivity contribution in [3.05, 3.63) is 54.1 Å². The highest BCUT2D eigenvalue weighted by molar-refractivity contribution is 8.00. The van der Waals surface area contributed by atoms with Gasteiger partial charge in [-0.15, -0.1) is 0 Å². The molecule has 29 heavy (non-hydrogen) atoms. The Morgan fingerprint density at radius 2 is 1.72 bits per heavy atom. The number of aliphatic carboxylic acids is 1. The van der Waals surface area contributed by atoms with E-state index in [4.69, 9.17) is 5.11 Å². The minimum absolute atomic E-state index is 0.00425. The Morgan fingerprint density at radius 1 is 1.07 bits per heavy atom. The Hall–Kier alpha value is -2.36. The number of nitrogens with zero attached hydrogens (tertiary/aromatic N) is 1. The zero-order valence-corrected chi connectivity index (χ0v) is 17.5. The highest BCUT2D eigenvalue weighted by atomic mass is 32.2. The van der Waals surface area contributed by atoms with Crippen LogP contribution in [0.4, 0.5) is 0 Å². The van der Waals surface area contributed by atoms with Gasteiger partial charge in [0.2, 0.25) is 10.0 Å². The Labute approximate surface area is 173 Å². The molecule has 0 amide bonds. The third kappa shape index (κ3) is 4.17. The van der Waals surface area contributed by atoms with Crippen LogP contribution in [0.1, 0.15) is 24.2 Å². The van der Waals surface area contributed by atoms with Crippen LogP contribution in [0.15, 0.2) is 53.4 Å². The Balaban J connectivity index is 1.95. The van der Waals surface area contributed by atoms with Crippen LogP contribution in [0.5, 0.6) is 0 Å². The average molecular weight is 436 g/mol. The smallest absolute Gasteiger partial charge is 0.335 e. The highest BCUT2D eigenvalue weighted by Crippen LogP contribution is 2.38. The van der Waals surface area contributed by atoms with Crippen molar-refractivity contribution < 1.29 is 28.2 Å². The SMILES string of the molecule is CC1(C)SCCN(S(=O)(=O)c2ccc(-c3cccc(C(=O)O)c3)cc2)C1C(=O)O. The lowest BCUT2D eigenvalue weighted by Gasteiger charge is -2.42. The second-order valence-corrected chi connectivity index (χ2v) is 10.9. The Morgan fingerprint density at radius 3 is 2.31 bits per heavy atom. The molecule has 2 aromatic rings. The Kier molecular flexibility index (Phi) is 5.75. The fourth-order valence-electron chi connectivity index (χ4n) is 3.42. The molecule has 7 nitrogen and oxygen atoms in total. The molecule has 1 aliphatic heterocycles. The maximum Gasteiger partial charge on any atom is 0.335 e. The zero-order valence-electron chi connectivity index (χ0n) is 15.9. The van der Waals surface area contributed by atoms with Crippen LogP contribution in [0.25, 0.3) is 11.1 Å². The molecule has 0 aromatic heterocycles. The summed E-state index contributed by atoms with van der Waals surface area (Å²) >= 11 is 1.44. The number of thioether (sulfide) groups is 1. The average Bonchev–Trinajstić information content (AvgIpc) is 2.67. The molecular formula is C20H21NO6S2. The van der Waals surface area contributed by atoms with Gasteiger partial charge in [0.1, 0.15) is 6.04 Å². The lowest BCUT2D eigenvalue weighted by atomic mass is 10.0. The van der Waals surface area contributed by atoms with Gasteiger partial charge in [-0.05, 0) is 49.2 Å². The van der Waals surface area contributed by atoms with Crippen molar-refractivity contribution in [1.29, 1.82) is 0 Å². The van der Waals surface area contributed by atoms with Crippen molar-refractivity contribution in [3.8, 4) is 11.1 Å². The fourth-order valence-corrected chi connectivity index (χ4v) is 6.52. The van der Waals surface area contributed by atoms with Crippen molar-refractivity contribution in [2.45, 2.75) is 29.5 Å². The molecule has 1 atom stereocenters. The molecule has 1 heterocycles. The number of benzene rings is 2. The van der Waals surface area contributed by atoms with Gasteiger partial charge in [0, 0.05) is 17.0 Å². The molecule has 1 fully saturated rings. The molecule has 0 saturated carbocycles. The van der Waals surface area contributed by atoms with Gasteiger partial charge in [-0.25, -0.2) is 13.2 Å². The zero-order chi connectivity index (χ0) is 21.4. The largest absolute Gasteiger partial charge is 0.480 e. The molecule has 1 saturated heterocycles. The van der Waals surface area contributed by atoms with Gasteiger partial charge in [-0.2, -0.15) is 16.1 Å². The van der Waals surface area contributed by atoms with Gasteiger partial charge in [-0.1, -0.05) is 24.3 Å². The molecular weight excluding hydrogens is 414 g/mol. The molecule has 2 N–H and O–H groups in total. The van der Waals surface area contributed by atoms with Crippen LogP contribution in [0, 0.1) is 0 Å². The summed E-state index contributed by atoms with van der Waals surface area (Å²) < 4.78 is 26.6. The summed E-state index contributed by atoms with van der Waals surface area (Å²) in [6.07, 6.45) is 0. The van der Waals surface area contributed by atoms with Crippen molar-refractivity contribution in [2.75, 3.05) is 12.3 Å². The summed E-state index contributed by atoms with van der Waals surface area (Å²) in [5.41, 5.74) is 1.45. The van der Waals surface area contributed by atoms with E-state index in [2.05, 4.69) is 0 Å². The highest BCUT2D eigenvalue weighted by Gasteiger charge is 2.48. The molecule has 0 radical (unpaired) electrons. The normalized spacial score (nSPS) is 19.6. The molecule has 0 aliphatic carbocycles. The van der Waals surface area contributed by atoms with Crippen LogP contribution < -0.4 is 0 Å². The van der Waals surface area contributed by atoms with Gasteiger partial charge < -0.3 is 10.2 Å². The quantitative estimate of drug-likeness (QED) is 0.742. The van der Waals surface area contributed by atoms with Crippen molar-refractivity contribution in [1.82, 2.24) is 4.31 Å².